The Hall–Kier alpha value is -3.00. The monoisotopic (exact) mass is 438 g/mol. The van der Waals surface area contributed by atoms with Crippen molar-refractivity contribution in [2.45, 2.75) is 38.9 Å². The number of fused-ring (bicyclic) bond motifs is 1. The number of rotatable bonds is 6. The van der Waals surface area contributed by atoms with Crippen molar-refractivity contribution in [2.24, 2.45) is 0 Å². The molecule has 2 aromatic carbocycles. The number of carbonyl (C=O) groups excluding carboxylic acids is 1. The van der Waals surface area contributed by atoms with Crippen molar-refractivity contribution in [3.05, 3.63) is 47.5 Å². The van der Waals surface area contributed by atoms with Crippen molar-refractivity contribution in [3.63, 3.8) is 0 Å². The Morgan fingerprint density at radius 3 is 2.65 bits per heavy atom. The second-order valence-corrected chi connectivity index (χ2v) is 8.34. The van der Waals surface area contributed by atoms with Gasteiger partial charge in [0, 0.05) is 24.2 Å². The number of anilines is 1. The van der Waals surface area contributed by atoms with E-state index in [0.29, 0.717) is 24.9 Å². The second-order valence-electron chi connectivity index (χ2n) is 7.40. The summed E-state index contributed by atoms with van der Waals surface area (Å²) in [7, 11) is 0. The van der Waals surface area contributed by atoms with Crippen LogP contribution in [0, 0.1) is 13.8 Å². The van der Waals surface area contributed by atoms with Gasteiger partial charge in [0.1, 0.15) is 0 Å². The van der Waals surface area contributed by atoms with Gasteiger partial charge < -0.3 is 19.4 Å². The molecule has 0 unspecified atom stereocenters. The van der Waals surface area contributed by atoms with Crippen LogP contribution in [0.3, 0.4) is 0 Å². The molecule has 162 valence electrons. The van der Waals surface area contributed by atoms with Gasteiger partial charge >= 0.3 is 0 Å². The highest BCUT2D eigenvalue weighted by molar-refractivity contribution is 7.99. The Morgan fingerprint density at radius 1 is 1.06 bits per heavy atom. The molecule has 0 fully saturated rings. The molecule has 1 amide bonds. The van der Waals surface area contributed by atoms with E-state index in [1.54, 1.807) is 0 Å². The van der Waals surface area contributed by atoms with Crippen molar-refractivity contribution in [2.75, 3.05) is 24.3 Å². The van der Waals surface area contributed by atoms with Crippen LogP contribution in [-0.2, 0) is 11.3 Å². The number of nitrogens with one attached hydrogen (secondary N) is 1. The Labute approximate surface area is 186 Å². The highest BCUT2D eigenvalue weighted by Gasteiger charge is 2.18. The van der Waals surface area contributed by atoms with Gasteiger partial charge in [0.2, 0.25) is 5.91 Å². The summed E-state index contributed by atoms with van der Waals surface area (Å²) in [5.41, 5.74) is 4.06. The van der Waals surface area contributed by atoms with Crippen LogP contribution in [0.15, 0.2) is 41.6 Å². The maximum Gasteiger partial charge on any atom is 0.234 e. The fourth-order valence-electron chi connectivity index (χ4n) is 3.34. The largest absolute Gasteiger partial charge is 0.490 e. The molecular weight excluding hydrogens is 412 g/mol. The van der Waals surface area contributed by atoms with Gasteiger partial charge in [0.25, 0.3) is 0 Å². The molecule has 0 bridgehead atoms. The van der Waals surface area contributed by atoms with E-state index in [1.165, 1.54) is 17.3 Å². The van der Waals surface area contributed by atoms with Crippen LogP contribution < -0.4 is 14.8 Å². The number of benzene rings is 2. The molecule has 1 N–H and O–H groups in total. The molecule has 0 atom stereocenters. The van der Waals surface area contributed by atoms with E-state index >= 15 is 0 Å². The van der Waals surface area contributed by atoms with E-state index in [0.717, 1.165) is 40.6 Å². The molecule has 4 rings (SSSR count). The summed E-state index contributed by atoms with van der Waals surface area (Å²) in [6.45, 7) is 8.10. The molecule has 0 aliphatic carbocycles. The van der Waals surface area contributed by atoms with E-state index in [2.05, 4.69) is 22.4 Å². The number of aromatic nitrogens is 3. The molecule has 7 nitrogen and oxygen atoms in total. The van der Waals surface area contributed by atoms with E-state index < -0.39 is 0 Å². The van der Waals surface area contributed by atoms with Crippen molar-refractivity contribution in [3.8, 4) is 22.9 Å². The molecule has 8 heteroatoms. The minimum Gasteiger partial charge on any atom is -0.490 e. The maximum atomic E-state index is 12.4. The number of thioether (sulfide) groups is 1. The Kier molecular flexibility index (Phi) is 6.46. The highest BCUT2D eigenvalue weighted by Crippen LogP contribution is 2.34. The predicted octanol–water partition coefficient (Wildman–Crippen LogP) is 4.47. The maximum absolute atomic E-state index is 12.4. The first-order valence-electron chi connectivity index (χ1n) is 10.4. The molecule has 31 heavy (non-hydrogen) atoms. The summed E-state index contributed by atoms with van der Waals surface area (Å²) in [5.74, 6) is 2.40. The molecule has 0 spiro atoms. The number of ether oxygens (including phenoxy) is 2. The SMILES string of the molecule is CCn1c(SCC(=O)Nc2ccc(C)c(C)c2)nnc1-c1ccc2c(c1)OCCCO2. The first-order chi connectivity index (χ1) is 15.0. The second kappa shape index (κ2) is 9.43. The third-order valence-electron chi connectivity index (χ3n) is 5.16. The molecule has 3 aromatic rings. The number of hydrogen-bond donors (Lipinski definition) is 1. The van der Waals surface area contributed by atoms with Gasteiger partial charge in [-0.3, -0.25) is 4.79 Å². The van der Waals surface area contributed by atoms with Crippen molar-refractivity contribution in [1.29, 1.82) is 0 Å². The summed E-state index contributed by atoms with van der Waals surface area (Å²) in [6, 6.07) is 11.7. The van der Waals surface area contributed by atoms with Crippen molar-refractivity contribution in [1.82, 2.24) is 14.8 Å². The predicted molar refractivity (Wildman–Crippen MR) is 122 cm³/mol. The minimum absolute atomic E-state index is 0.0731. The fraction of sp³-hybridized carbons (Fsp3) is 0.348. The molecular formula is C23H26N4O3S. The van der Waals surface area contributed by atoms with Crippen molar-refractivity contribution < 1.29 is 14.3 Å². The van der Waals surface area contributed by atoms with Gasteiger partial charge in [-0.05, 0) is 62.2 Å². The molecule has 1 aromatic heterocycles. The minimum atomic E-state index is -0.0731. The van der Waals surface area contributed by atoms with Gasteiger partial charge in [-0.15, -0.1) is 10.2 Å². The zero-order valence-electron chi connectivity index (χ0n) is 18.0. The molecule has 0 saturated heterocycles. The number of aryl methyl sites for hydroxylation is 2. The summed E-state index contributed by atoms with van der Waals surface area (Å²) in [5, 5.41) is 12.4. The van der Waals surface area contributed by atoms with Gasteiger partial charge in [0.05, 0.1) is 19.0 Å². The van der Waals surface area contributed by atoms with Crippen LogP contribution in [0.4, 0.5) is 5.69 Å². The Morgan fingerprint density at radius 2 is 1.87 bits per heavy atom. The standard InChI is InChI=1S/C23H26N4O3S/c1-4-27-22(17-7-9-19-20(13-17)30-11-5-10-29-19)25-26-23(27)31-14-21(28)24-18-8-6-15(2)16(3)12-18/h6-9,12-13H,4-5,10-11,14H2,1-3H3,(H,24,28). The lowest BCUT2D eigenvalue weighted by Gasteiger charge is -2.11. The zero-order valence-corrected chi connectivity index (χ0v) is 18.8. The van der Waals surface area contributed by atoms with Crippen LogP contribution >= 0.6 is 11.8 Å². The summed E-state index contributed by atoms with van der Waals surface area (Å²) >= 11 is 1.38. The van der Waals surface area contributed by atoms with Gasteiger partial charge in [-0.2, -0.15) is 0 Å². The van der Waals surface area contributed by atoms with E-state index in [9.17, 15) is 4.79 Å². The van der Waals surface area contributed by atoms with Gasteiger partial charge in [-0.1, -0.05) is 17.8 Å². The average molecular weight is 439 g/mol. The van der Waals surface area contributed by atoms with Crippen LogP contribution in [0.25, 0.3) is 11.4 Å². The lowest BCUT2D eigenvalue weighted by atomic mass is 10.1. The van der Waals surface area contributed by atoms with Crippen LogP contribution in [0.1, 0.15) is 24.5 Å². The highest BCUT2D eigenvalue weighted by atomic mass is 32.2. The topological polar surface area (TPSA) is 78.3 Å². The van der Waals surface area contributed by atoms with Crippen molar-refractivity contribution >= 4 is 23.4 Å². The first kappa shape index (κ1) is 21.2. The van der Waals surface area contributed by atoms with Crippen LogP contribution in [-0.4, -0.2) is 39.6 Å². The van der Waals surface area contributed by atoms with Crippen LogP contribution in [0.2, 0.25) is 0 Å². The molecule has 0 saturated carbocycles. The summed E-state index contributed by atoms with van der Waals surface area (Å²) in [4.78, 5) is 12.4. The van der Waals surface area contributed by atoms with Crippen LogP contribution in [0.5, 0.6) is 11.5 Å². The summed E-state index contributed by atoms with van der Waals surface area (Å²) < 4.78 is 13.5. The fourth-order valence-corrected chi connectivity index (χ4v) is 4.15. The molecule has 1 aliphatic rings. The van der Waals surface area contributed by atoms with E-state index in [1.807, 2.05) is 54.8 Å². The Balaban J connectivity index is 1.46. The molecule has 1 aliphatic heterocycles. The lowest BCUT2D eigenvalue weighted by Crippen LogP contribution is -2.14. The molecule has 2 heterocycles. The number of amides is 1. The number of nitrogens with zero attached hydrogens (tertiary/aromatic N) is 3. The normalized spacial score (nSPS) is 13.0. The number of hydrogen-bond acceptors (Lipinski definition) is 6. The average Bonchev–Trinajstić information content (AvgIpc) is 3.03. The van der Waals surface area contributed by atoms with Gasteiger partial charge in [0.15, 0.2) is 22.5 Å². The number of carbonyl (C=O) groups is 1. The smallest absolute Gasteiger partial charge is 0.234 e. The van der Waals surface area contributed by atoms with E-state index in [4.69, 9.17) is 9.47 Å². The Bertz CT molecular complexity index is 1100. The lowest BCUT2D eigenvalue weighted by molar-refractivity contribution is -0.113. The summed E-state index contributed by atoms with van der Waals surface area (Å²) in [6.07, 6.45) is 0.861. The van der Waals surface area contributed by atoms with Gasteiger partial charge in [-0.25, -0.2) is 0 Å². The first-order valence-corrected chi connectivity index (χ1v) is 11.4. The quantitative estimate of drug-likeness (QED) is 0.572. The zero-order chi connectivity index (χ0) is 21.8. The third kappa shape index (κ3) is 4.85. The third-order valence-corrected chi connectivity index (χ3v) is 6.13. The van der Waals surface area contributed by atoms with E-state index in [-0.39, 0.29) is 11.7 Å². The molecule has 0 radical (unpaired) electrons.